The molecule has 1 unspecified atom stereocenters. The topological polar surface area (TPSA) is 86.5 Å². The van der Waals surface area contributed by atoms with Gasteiger partial charge in [-0.3, -0.25) is 9.78 Å². The number of nitrogens with zero attached hydrogens (tertiary/aromatic N) is 2. The number of thioether (sulfide) groups is 1. The minimum absolute atomic E-state index is 0.112. The molecule has 2 aliphatic heterocycles. The third kappa shape index (κ3) is 5.81. The van der Waals surface area contributed by atoms with Gasteiger partial charge in [-0.1, -0.05) is 41.0 Å². The van der Waals surface area contributed by atoms with Gasteiger partial charge in [-0.15, -0.1) is 0 Å². The number of allylic oxidation sites excluding steroid dienone is 1. The van der Waals surface area contributed by atoms with Gasteiger partial charge in [-0.05, 0) is 98.4 Å². The summed E-state index contributed by atoms with van der Waals surface area (Å²) in [7, 11) is 1.69. The summed E-state index contributed by atoms with van der Waals surface area (Å²) >= 11 is 1.84. The minimum Gasteiger partial charge on any atom is -0.355 e. The zero-order valence-electron chi connectivity index (χ0n) is 27.9. The largest absolute Gasteiger partial charge is 0.355 e. The maximum Gasteiger partial charge on any atom is 0.253 e. The van der Waals surface area contributed by atoms with E-state index in [1.807, 2.05) is 32.5 Å². The van der Waals surface area contributed by atoms with Crippen molar-refractivity contribution < 1.29 is 4.79 Å². The number of aromatic amines is 2. The number of fused-ring (bicyclic) bond motifs is 8. The fourth-order valence-corrected chi connectivity index (χ4v) is 7.26. The minimum atomic E-state index is -0.112. The van der Waals surface area contributed by atoms with Crippen LogP contribution < -0.4 is 5.32 Å². The van der Waals surface area contributed by atoms with Crippen LogP contribution in [0.1, 0.15) is 117 Å². The summed E-state index contributed by atoms with van der Waals surface area (Å²) in [4.78, 5) is 31.2. The van der Waals surface area contributed by atoms with Crippen molar-refractivity contribution in [3.8, 4) is 0 Å². The third-order valence-electron chi connectivity index (χ3n) is 9.10. The molecule has 5 heterocycles. The van der Waals surface area contributed by atoms with Crippen molar-refractivity contribution in [3.05, 3.63) is 68.8 Å². The standard InChI is InChI=1S/C34H43N5OS.C2H6/c1-10-12-23-18(4)27-13-25-19(5)24(16-41-9)30(37-25)14-26-17(3)22(11-2)29(36-26)15-28-20(6)31(34(40)35-8)33(39-28)21(7)32(23)38-27;1-2/h13-15,18,23,36-37H,10-12,16H2,1-9H3,(H,35,40);1-2H3/t18?,23-;/m0./s1. The molecule has 7 heteroatoms. The zero-order chi connectivity index (χ0) is 31.6. The van der Waals surface area contributed by atoms with E-state index in [0.717, 1.165) is 81.0 Å². The molecule has 2 atom stereocenters. The predicted octanol–water partition coefficient (Wildman–Crippen LogP) is 9.06. The molecule has 0 radical (unpaired) electrons. The van der Waals surface area contributed by atoms with Gasteiger partial charge in [0.15, 0.2) is 0 Å². The van der Waals surface area contributed by atoms with E-state index >= 15 is 0 Å². The smallest absolute Gasteiger partial charge is 0.253 e. The molecular weight excluding hydrogens is 550 g/mol. The van der Waals surface area contributed by atoms with E-state index in [1.54, 1.807) is 7.05 Å². The Bertz CT molecular complexity index is 1730. The highest BCUT2D eigenvalue weighted by atomic mass is 32.2. The fraction of sp³-hybridized carbons (Fsp3) is 0.472. The third-order valence-corrected chi connectivity index (χ3v) is 9.68. The molecule has 3 N–H and O–H groups in total. The van der Waals surface area contributed by atoms with E-state index in [1.165, 1.54) is 22.3 Å². The molecule has 1 amide bonds. The number of aromatic nitrogens is 4. The molecule has 0 fully saturated rings. The lowest BCUT2D eigenvalue weighted by atomic mass is 9.85. The van der Waals surface area contributed by atoms with Crippen LogP contribution in [0.15, 0.2) is 18.2 Å². The Hall–Kier alpha value is -3.32. The first-order chi connectivity index (χ1) is 20.6. The molecule has 3 aromatic rings. The second kappa shape index (κ2) is 13.5. The number of likely N-dealkylation sites (N-methyl/N-ethyl adjacent to an activating group) is 1. The van der Waals surface area contributed by atoms with Gasteiger partial charge >= 0.3 is 0 Å². The number of H-pyrrole nitrogens is 2. The normalized spacial score (nSPS) is 16.3. The van der Waals surface area contributed by atoms with E-state index in [4.69, 9.17) is 9.97 Å². The summed E-state index contributed by atoms with van der Waals surface area (Å²) in [6.45, 7) is 19.2. The van der Waals surface area contributed by atoms with Crippen LogP contribution in [0, 0.1) is 20.8 Å². The molecule has 0 saturated carbocycles. The van der Waals surface area contributed by atoms with Crippen LogP contribution in [-0.4, -0.2) is 39.1 Å². The molecule has 5 rings (SSSR count). The van der Waals surface area contributed by atoms with E-state index in [-0.39, 0.29) is 17.7 Å². The van der Waals surface area contributed by atoms with Crippen LogP contribution in [0.5, 0.6) is 0 Å². The maximum atomic E-state index is 13.3. The maximum absolute atomic E-state index is 13.3. The van der Waals surface area contributed by atoms with Crippen molar-refractivity contribution in [2.75, 3.05) is 13.3 Å². The Morgan fingerprint density at radius 3 is 2.14 bits per heavy atom. The molecule has 2 aliphatic rings. The number of nitrogens with one attached hydrogen (secondary N) is 3. The van der Waals surface area contributed by atoms with E-state index in [9.17, 15) is 4.79 Å². The fourth-order valence-electron chi connectivity index (χ4n) is 6.60. The Morgan fingerprint density at radius 2 is 1.53 bits per heavy atom. The summed E-state index contributed by atoms with van der Waals surface area (Å²) in [5, 5.41) is 2.86. The van der Waals surface area contributed by atoms with Crippen LogP contribution in [-0.2, 0) is 17.0 Å². The number of amides is 1. The van der Waals surface area contributed by atoms with Crippen LogP contribution in [0.4, 0.5) is 0 Å². The zero-order valence-corrected chi connectivity index (χ0v) is 28.7. The number of rotatable bonds is 6. The van der Waals surface area contributed by atoms with Crippen molar-refractivity contribution in [1.82, 2.24) is 25.3 Å². The number of aryl methyl sites for hydroxylation is 3. The van der Waals surface area contributed by atoms with Crippen LogP contribution in [0.25, 0.3) is 33.2 Å². The monoisotopic (exact) mass is 599 g/mol. The molecule has 230 valence electrons. The highest BCUT2D eigenvalue weighted by Gasteiger charge is 2.32. The van der Waals surface area contributed by atoms with Crippen molar-refractivity contribution in [3.63, 3.8) is 0 Å². The van der Waals surface area contributed by atoms with Gasteiger partial charge in [0.25, 0.3) is 5.91 Å². The molecule has 43 heavy (non-hydrogen) atoms. The Labute approximate surface area is 261 Å². The average Bonchev–Trinajstić information content (AvgIpc) is 3.68. The molecule has 0 aromatic carbocycles. The highest BCUT2D eigenvalue weighted by Crippen LogP contribution is 2.43. The van der Waals surface area contributed by atoms with E-state index in [0.29, 0.717) is 5.57 Å². The van der Waals surface area contributed by atoms with Crippen molar-refractivity contribution in [1.29, 1.82) is 0 Å². The van der Waals surface area contributed by atoms with Gasteiger partial charge in [0.2, 0.25) is 0 Å². The Kier molecular flexibility index (Phi) is 10.3. The van der Waals surface area contributed by atoms with Crippen molar-refractivity contribution in [2.45, 2.75) is 99.2 Å². The van der Waals surface area contributed by atoms with Gasteiger partial charge in [-0.25, -0.2) is 4.98 Å². The summed E-state index contributed by atoms with van der Waals surface area (Å²) in [6, 6.07) is 6.63. The number of carbonyl (C=O) groups excluding carboxylic acids is 1. The van der Waals surface area contributed by atoms with Gasteiger partial charge < -0.3 is 15.3 Å². The summed E-state index contributed by atoms with van der Waals surface area (Å²) in [6.07, 6.45) is 5.16. The summed E-state index contributed by atoms with van der Waals surface area (Å²) in [5.74, 6) is 1.36. The lowest BCUT2D eigenvalue weighted by molar-refractivity contribution is -0.115. The Morgan fingerprint density at radius 1 is 0.907 bits per heavy atom. The average molecular weight is 600 g/mol. The summed E-state index contributed by atoms with van der Waals surface area (Å²) in [5.41, 5.74) is 15.7. The summed E-state index contributed by atoms with van der Waals surface area (Å²) < 4.78 is 0. The van der Waals surface area contributed by atoms with Gasteiger partial charge in [0.05, 0.1) is 17.0 Å². The van der Waals surface area contributed by atoms with Crippen LogP contribution >= 0.6 is 11.8 Å². The lowest BCUT2D eigenvalue weighted by Crippen LogP contribution is -2.19. The van der Waals surface area contributed by atoms with Crippen molar-refractivity contribution in [2.24, 2.45) is 0 Å². The van der Waals surface area contributed by atoms with Crippen molar-refractivity contribution >= 4 is 50.9 Å². The first kappa shape index (κ1) is 32.6. The molecule has 0 spiro atoms. The van der Waals surface area contributed by atoms with E-state index < -0.39 is 0 Å². The lowest BCUT2D eigenvalue weighted by Gasteiger charge is -2.16. The van der Waals surface area contributed by atoms with Gasteiger partial charge in [0, 0.05) is 58.1 Å². The SMILES string of the molecule is CC.CCC[C@@H]1c2nc(cc3[nH]c(cc4[nH]c(cc5nc(c2C)C(C(=O)NC)=C5C)c(CC)c4C)c(CSC)c3C)C1C. The number of hydrogen-bond donors (Lipinski definition) is 3. The molecule has 0 aliphatic carbocycles. The molecular formula is C36H49N5OS. The van der Waals surface area contributed by atoms with Gasteiger partial charge in [0.1, 0.15) is 0 Å². The van der Waals surface area contributed by atoms with Crippen LogP contribution in [0.2, 0.25) is 0 Å². The molecule has 6 nitrogen and oxygen atoms in total. The second-order valence-corrected chi connectivity index (χ2v) is 12.4. The number of hydrogen-bond acceptors (Lipinski definition) is 4. The first-order valence-electron chi connectivity index (χ1n) is 15.8. The molecule has 0 saturated heterocycles. The predicted molar refractivity (Wildman–Crippen MR) is 186 cm³/mol. The molecule has 3 aromatic heterocycles. The van der Waals surface area contributed by atoms with Crippen LogP contribution in [0.3, 0.4) is 0 Å². The number of carbonyl (C=O) groups is 1. The second-order valence-electron chi connectivity index (χ2n) is 11.5. The molecule has 8 bridgehead atoms. The van der Waals surface area contributed by atoms with E-state index in [2.05, 4.69) is 81.3 Å². The quantitative estimate of drug-likeness (QED) is 0.264. The Balaban J connectivity index is 0.00000207. The first-order valence-corrected chi connectivity index (χ1v) is 17.2. The van der Waals surface area contributed by atoms with Gasteiger partial charge in [-0.2, -0.15) is 11.8 Å². The highest BCUT2D eigenvalue weighted by molar-refractivity contribution is 7.97.